The average molecular weight is 823 g/mol. The zero-order valence-electron chi connectivity index (χ0n) is 33.7. The van der Waals surface area contributed by atoms with E-state index in [2.05, 4.69) is 174 Å². The van der Waals surface area contributed by atoms with Gasteiger partial charge in [-0.2, -0.15) is 0 Å². The van der Waals surface area contributed by atoms with E-state index in [0.717, 1.165) is 72.1 Å². The summed E-state index contributed by atoms with van der Waals surface area (Å²) in [4.78, 5) is 15.8. The molecule has 0 N–H and O–H groups in total. The molecular formula is C57H34N4OS. The highest BCUT2D eigenvalue weighted by molar-refractivity contribution is 7.26. The summed E-state index contributed by atoms with van der Waals surface area (Å²) in [5.41, 5.74) is 12.1. The minimum Gasteiger partial charge on any atom is -0.456 e. The number of hydrogen-bond donors (Lipinski definition) is 0. The van der Waals surface area contributed by atoms with Crippen molar-refractivity contribution in [1.29, 1.82) is 0 Å². The normalized spacial score (nSPS) is 11.8. The third-order valence-electron chi connectivity index (χ3n) is 12.2. The van der Waals surface area contributed by atoms with Gasteiger partial charge in [-0.1, -0.05) is 152 Å². The number of rotatable bonds is 6. The van der Waals surface area contributed by atoms with Crippen molar-refractivity contribution in [3.05, 3.63) is 206 Å². The number of aromatic nitrogens is 4. The summed E-state index contributed by atoms with van der Waals surface area (Å²) < 4.78 is 11.3. The lowest BCUT2D eigenvalue weighted by molar-refractivity contribution is 0.669. The third kappa shape index (κ3) is 5.87. The van der Waals surface area contributed by atoms with Crippen molar-refractivity contribution in [2.75, 3.05) is 0 Å². The number of furan rings is 1. The van der Waals surface area contributed by atoms with Crippen LogP contribution < -0.4 is 0 Å². The smallest absolute Gasteiger partial charge is 0.164 e. The number of hydrogen-bond acceptors (Lipinski definition) is 5. The quantitative estimate of drug-likeness (QED) is 0.168. The molecule has 4 heterocycles. The summed E-state index contributed by atoms with van der Waals surface area (Å²) in [5, 5.41) is 7.12. The highest BCUT2D eigenvalue weighted by atomic mass is 32.1. The van der Waals surface area contributed by atoms with Gasteiger partial charge in [0.15, 0.2) is 17.5 Å². The van der Waals surface area contributed by atoms with Gasteiger partial charge in [-0.3, -0.25) is 0 Å². The number of thiophene rings is 1. The first kappa shape index (κ1) is 35.6. The van der Waals surface area contributed by atoms with Gasteiger partial charge in [0.1, 0.15) is 11.2 Å². The van der Waals surface area contributed by atoms with Crippen molar-refractivity contribution < 1.29 is 4.42 Å². The molecule has 6 heteroatoms. The molecule has 9 aromatic carbocycles. The van der Waals surface area contributed by atoms with Crippen LogP contribution in [0.25, 0.3) is 126 Å². The third-order valence-corrected chi connectivity index (χ3v) is 13.4. The number of nitrogens with zero attached hydrogens (tertiary/aromatic N) is 4. The molecular weight excluding hydrogens is 789 g/mol. The zero-order chi connectivity index (χ0) is 41.4. The van der Waals surface area contributed by atoms with Crippen LogP contribution in [0.4, 0.5) is 0 Å². The van der Waals surface area contributed by atoms with Crippen LogP contribution in [0.3, 0.4) is 0 Å². The largest absolute Gasteiger partial charge is 0.456 e. The van der Waals surface area contributed by atoms with Crippen LogP contribution >= 0.6 is 11.3 Å². The fourth-order valence-electron chi connectivity index (χ4n) is 9.26. The van der Waals surface area contributed by atoms with E-state index in [-0.39, 0.29) is 0 Å². The Morgan fingerprint density at radius 3 is 1.78 bits per heavy atom. The van der Waals surface area contributed by atoms with Crippen molar-refractivity contribution in [2.24, 2.45) is 0 Å². The Morgan fingerprint density at radius 1 is 0.349 bits per heavy atom. The van der Waals surface area contributed by atoms with Crippen LogP contribution in [0, 0.1) is 0 Å². The van der Waals surface area contributed by atoms with Gasteiger partial charge in [0.2, 0.25) is 0 Å². The molecule has 0 aliphatic rings. The van der Waals surface area contributed by atoms with Gasteiger partial charge in [-0.15, -0.1) is 11.3 Å². The van der Waals surface area contributed by atoms with Crippen LogP contribution in [0.15, 0.2) is 211 Å². The minimum atomic E-state index is 0.592. The van der Waals surface area contributed by atoms with E-state index in [1.807, 2.05) is 47.7 Å². The van der Waals surface area contributed by atoms with Crippen LogP contribution in [0.1, 0.15) is 0 Å². The molecule has 63 heavy (non-hydrogen) atoms. The number of para-hydroxylation sites is 2. The van der Waals surface area contributed by atoms with Gasteiger partial charge in [0.05, 0.1) is 15.7 Å². The summed E-state index contributed by atoms with van der Waals surface area (Å²) >= 11 is 1.85. The number of benzene rings is 9. The first-order chi connectivity index (χ1) is 31.2. The van der Waals surface area contributed by atoms with E-state index in [0.29, 0.717) is 17.5 Å². The molecule has 0 amide bonds. The molecule has 0 saturated heterocycles. The van der Waals surface area contributed by atoms with Gasteiger partial charge in [-0.25, -0.2) is 15.0 Å². The monoisotopic (exact) mass is 822 g/mol. The zero-order valence-corrected chi connectivity index (χ0v) is 34.6. The maximum Gasteiger partial charge on any atom is 0.164 e. The standard InChI is InChI=1S/C57H34N4OS/c1-3-14-35(15-4-1)37-18-13-19-39(30-37)56-58-55(36-16-5-2-6-17-36)59-57(60-56)41-31-40(38-26-29-51-48(34-38)44-21-8-11-24-50(44)62-51)32-42(33-41)61-49-23-10-7-20-43(49)46-27-28-47-45-22-9-12-25-52(45)63-54(47)53(46)61/h1-34H. The van der Waals surface area contributed by atoms with Crippen molar-refractivity contribution in [3.8, 4) is 62.1 Å². The van der Waals surface area contributed by atoms with Gasteiger partial charge >= 0.3 is 0 Å². The molecule has 0 radical (unpaired) electrons. The fraction of sp³-hybridized carbons (Fsp3) is 0. The molecule has 0 aliphatic carbocycles. The molecule has 0 saturated carbocycles. The molecule has 4 aromatic heterocycles. The average Bonchev–Trinajstić information content (AvgIpc) is 4.04. The lowest BCUT2D eigenvalue weighted by Gasteiger charge is -2.15. The van der Waals surface area contributed by atoms with Crippen LogP contribution in [0.2, 0.25) is 0 Å². The Balaban J connectivity index is 1.10. The lowest BCUT2D eigenvalue weighted by Crippen LogP contribution is -2.02. The summed E-state index contributed by atoms with van der Waals surface area (Å²) in [6.07, 6.45) is 0. The molecule has 13 aromatic rings. The highest BCUT2D eigenvalue weighted by Crippen LogP contribution is 2.44. The van der Waals surface area contributed by atoms with E-state index in [1.165, 1.54) is 36.5 Å². The molecule has 0 bridgehead atoms. The van der Waals surface area contributed by atoms with E-state index in [4.69, 9.17) is 19.4 Å². The molecule has 0 unspecified atom stereocenters. The van der Waals surface area contributed by atoms with E-state index < -0.39 is 0 Å². The Hall–Kier alpha value is -8.19. The van der Waals surface area contributed by atoms with Crippen LogP contribution in [-0.2, 0) is 0 Å². The SMILES string of the molecule is c1ccc(-c2cccc(-c3nc(-c4ccccc4)nc(-c4cc(-c5ccc6oc7ccccc7c6c5)cc(-n5c6ccccc6c6ccc7c8ccccc8sc7c65)c4)n3)c2)cc1. The Morgan fingerprint density at radius 2 is 0.937 bits per heavy atom. The maximum absolute atomic E-state index is 6.30. The first-order valence-corrected chi connectivity index (χ1v) is 21.9. The maximum atomic E-state index is 6.30. The Labute approximate surface area is 365 Å². The van der Waals surface area contributed by atoms with E-state index >= 15 is 0 Å². The topological polar surface area (TPSA) is 56.7 Å². The molecule has 0 atom stereocenters. The minimum absolute atomic E-state index is 0.592. The van der Waals surface area contributed by atoms with Gasteiger partial charge < -0.3 is 8.98 Å². The highest BCUT2D eigenvalue weighted by Gasteiger charge is 2.21. The molecule has 294 valence electrons. The predicted octanol–water partition coefficient (Wildman–Crippen LogP) is 15.6. The molecule has 0 aliphatic heterocycles. The van der Waals surface area contributed by atoms with E-state index in [9.17, 15) is 0 Å². The molecule has 0 spiro atoms. The number of fused-ring (bicyclic) bond motifs is 10. The summed E-state index contributed by atoms with van der Waals surface area (Å²) in [7, 11) is 0. The summed E-state index contributed by atoms with van der Waals surface area (Å²) in [6, 6.07) is 72.7. The van der Waals surface area contributed by atoms with Crippen molar-refractivity contribution in [1.82, 2.24) is 19.5 Å². The van der Waals surface area contributed by atoms with Crippen molar-refractivity contribution >= 4 is 75.3 Å². The molecule has 5 nitrogen and oxygen atoms in total. The van der Waals surface area contributed by atoms with Crippen LogP contribution in [-0.4, -0.2) is 19.5 Å². The Bertz CT molecular complexity index is 3920. The van der Waals surface area contributed by atoms with Crippen molar-refractivity contribution in [3.63, 3.8) is 0 Å². The van der Waals surface area contributed by atoms with Gasteiger partial charge in [0.25, 0.3) is 0 Å². The predicted molar refractivity (Wildman–Crippen MR) is 262 cm³/mol. The fourth-order valence-corrected chi connectivity index (χ4v) is 10.5. The molecule has 13 rings (SSSR count). The van der Waals surface area contributed by atoms with E-state index in [1.54, 1.807) is 0 Å². The lowest BCUT2D eigenvalue weighted by atomic mass is 9.99. The van der Waals surface area contributed by atoms with Gasteiger partial charge in [-0.05, 0) is 76.9 Å². The second-order valence-corrected chi connectivity index (χ2v) is 17.0. The molecule has 0 fully saturated rings. The first-order valence-electron chi connectivity index (χ1n) is 21.1. The van der Waals surface area contributed by atoms with Crippen LogP contribution in [0.5, 0.6) is 0 Å². The summed E-state index contributed by atoms with van der Waals surface area (Å²) in [6.45, 7) is 0. The second kappa shape index (κ2) is 14.2. The van der Waals surface area contributed by atoms with Gasteiger partial charge in [0, 0.05) is 59.4 Å². The second-order valence-electron chi connectivity index (χ2n) is 16.0. The van der Waals surface area contributed by atoms with Crippen molar-refractivity contribution in [2.45, 2.75) is 0 Å². The summed E-state index contributed by atoms with van der Waals surface area (Å²) in [5.74, 6) is 1.82. The Kier molecular flexibility index (Phi) is 8.01.